The van der Waals surface area contributed by atoms with Gasteiger partial charge in [0, 0.05) is 18.0 Å². The molecular formula is C25H19F3N2O2. The monoisotopic (exact) mass is 436 g/mol. The fraction of sp³-hybridized carbons (Fsp3) is 0.120. The molecule has 162 valence electrons. The van der Waals surface area contributed by atoms with Crippen molar-refractivity contribution in [2.45, 2.75) is 19.7 Å². The molecule has 7 heteroatoms. The first kappa shape index (κ1) is 21.4. The van der Waals surface area contributed by atoms with Gasteiger partial charge in [0.25, 0.3) is 0 Å². The maximum absolute atomic E-state index is 13.8. The van der Waals surface area contributed by atoms with E-state index >= 15 is 0 Å². The van der Waals surface area contributed by atoms with E-state index in [0.29, 0.717) is 11.3 Å². The lowest BCUT2D eigenvalue weighted by atomic mass is 10.00. The van der Waals surface area contributed by atoms with Crippen molar-refractivity contribution >= 4 is 5.97 Å². The second-order valence-electron chi connectivity index (χ2n) is 7.20. The summed E-state index contributed by atoms with van der Waals surface area (Å²) in [6, 6.07) is 17.9. The Morgan fingerprint density at radius 2 is 1.72 bits per heavy atom. The summed E-state index contributed by atoms with van der Waals surface area (Å²) < 4.78 is 48.3. The van der Waals surface area contributed by atoms with E-state index in [9.17, 15) is 18.0 Å². The van der Waals surface area contributed by atoms with E-state index in [4.69, 9.17) is 4.74 Å². The lowest BCUT2D eigenvalue weighted by molar-refractivity contribution is -0.137. The Morgan fingerprint density at radius 3 is 2.41 bits per heavy atom. The van der Waals surface area contributed by atoms with Gasteiger partial charge in [0.2, 0.25) is 0 Å². The molecule has 0 N–H and O–H groups in total. The van der Waals surface area contributed by atoms with Crippen LogP contribution in [0.25, 0.3) is 16.9 Å². The van der Waals surface area contributed by atoms with Crippen molar-refractivity contribution in [3.8, 4) is 16.9 Å². The first-order chi connectivity index (χ1) is 15.4. The lowest BCUT2D eigenvalue weighted by Crippen LogP contribution is -2.09. The van der Waals surface area contributed by atoms with Gasteiger partial charge in [-0.05, 0) is 36.2 Å². The first-order valence-corrected chi connectivity index (χ1v) is 9.86. The molecule has 0 amide bonds. The molecule has 0 aliphatic rings. The second-order valence-corrected chi connectivity index (χ2v) is 7.20. The van der Waals surface area contributed by atoms with Gasteiger partial charge in [0.15, 0.2) is 0 Å². The normalized spacial score (nSPS) is 11.4. The summed E-state index contributed by atoms with van der Waals surface area (Å²) in [4.78, 5) is 16.9. The molecule has 4 aromatic rings. The van der Waals surface area contributed by atoms with Gasteiger partial charge >= 0.3 is 12.1 Å². The summed E-state index contributed by atoms with van der Waals surface area (Å²) in [6.45, 7) is 1.68. The highest BCUT2D eigenvalue weighted by atomic mass is 19.4. The minimum absolute atomic E-state index is 0.0246. The number of pyridine rings is 1. The SMILES string of the molecule is Cc1c(C(=O)OCc2ccccc2)cn(-c2cccnc2)c1-c1ccccc1C(F)(F)F. The Labute approximate surface area is 182 Å². The third-order valence-corrected chi connectivity index (χ3v) is 5.10. The van der Waals surface area contributed by atoms with Gasteiger partial charge in [-0.25, -0.2) is 4.79 Å². The van der Waals surface area contributed by atoms with E-state index in [0.717, 1.165) is 11.6 Å². The van der Waals surface area contributed by atoms with Gasteiger partial charge in [0.1, 0.15) is 6.61 Å². The van der Waals surface area contributed by atoms with Crippen molar-refractivity contribution in [2.24, 2.45) is 0 Å². The van der Waals surface area contributed by atoms with Gasteiger partial charge in [-0.1, -0.05) is 48.5 Å². The molecule has 0 saturated heterocycles. The first-order valence-electron chi connectivity index (χ1n) is 9.86. The van der Waals surface area contributed by atoms with Gasteiger partial charge < -0.3 is 9.30 Å². The predicted octanol–water partition coefficient (Wildman–Crippen LogP) is 6.22. The predicted molar refractivity (Wildman–Crippen MR) is 114 cm³/mol. The van der Waals surface area contributed by atoms with Crippen LogP contribution in [0.15, 0.2) is 85.3 Å². The number of carbonyl (C=O) groups excluding carboxylic acids is 1. The Hall–Kier alpha value is -3.87. The van der Waals surface area contributed by atoms with E-state index in [-0.39, 0.29) is 23.4 Å². The van der Waals surface area contributed by atoms with Crippen molar-refractivity contribution in [1.29, 1.82) is 0 Å². The standard InChI is InChI=1S/C25H19F3N2O2/c1-17-21(24(31)32-16-18-8-3-2-4-9-18)15-30(19-10-7-13-29-14-19)23(17)20-11-5-6-12-22(20)25(26,27)28/h2-15H,16H2,1H3. The third-order valence-electron chi connectivity index (χ3n) is 5.10. The molecule has 0 saturated carbocycles. The largest absolute Gasteiger partial charge is 0.457 e. The number of nitrogens with zero attached hydrogens (tertiary/aromatic N) is 2. The zero-order valence-electron chi connectivity index (χ0n) is 17.1. The number of alkyl halides is 3. The molecule has 4 nitrogen and oxygen atoms in total. The van der Waals surface area contributed by atoms with Crippen LogP contribution in [-0.2, 0) is 17.5 Å². The molecule has 0 unspecified atom stereocenters. The van der Waals surface area contributed by atoms with Crippen LogP contribution in [-0.4, -0.2) is 15.5 Å². The lowest BCUT2D eigenvalue weighted by Gasteiger charge is -2.16. The van der Waals surface area contributed by atoms with Crippen LogP contribution >= 0.6 is 0 Å². The Bertz CT molecular complexity index is 1230. The van der Waals surface area contributed by atoms with Crippen LogP contribution in [0, 0.1) is 6.92 Å². The van der Waals surface area contributed by atoms with E-state index < -0.39 is 17.7 Å². The zero-order valence-corrected chi connectivity index (χ0v) is 17.1. The molecule has 0 fully saturated rings. The van der Waals surface area contributed by atoms with Crippen LogP contribution in [0.4, 0.5) is 13.2 Å². The molecule has 2 heterocycles. The molecule has 2 aromatic carbocycles. The van der Waals surface area contributed by atoms with Crippen LogP contribution in [0.1, 0.15) is 27.0 Å². The number of esters is 1. The molecular weight excluding hydrogens is 417 g/mol. The highest BCUT2D eigenvalue weighted by Crippen LogP contribution is 2.40. The molecule has 0 spiro atoms. The molecule has 0 aliphatic carbocycles. The summed E-state index contributed by atoms with van der Waals surface area (Å²) in [5.41, 5.74) is 1.38. The number of hydrogen-bond donors (Lipinski definition) is 0. The number of hydrogen-bond acceptors (Lipinski definition) is 3. The summed E-state index contributed by atoms with van der Waals surface area (Å²) in [5.74, 6) is -0.611. The number of rotatable bonds is 5. The number of ether oxygens (including phenoxy) is 1. The minimum Gasteiger partial charge on any atom is -0.457 e. The summed E-state index contributed by atoms with van der Waals surface area (Å²) in [6.07, 6.45) is 0.0413. The van der Waals surface area contributed by atoms with Crippen LogP contribution in [0.2, 0.25) is 0 Å². The van der Waals surface area contributed by atoms with Gasteiger partial charge in [-0.15, -0.1) is 0 Å². The molecule has 4 rings (SSSR count). The van der Waals surface area contributed by atoms with Crippen LogP contribution in [0.5, 0.6) is 0 Å². The molecule has 2 aromatic heterocycles. The topological polar surface area (TPSA) is 44.1 Å². The Balaban J connectivity index is 1.82. The smallest absolute Gasteiger partial charge is 0.417 e. The molecule has 0 atom stereocenters. The summed E-state index contributed by atoms with van der Waals surface area (Å²) in [5, 5.41) is 0. The number of halogens is 3. The Morgan fingerprint density at radius 1 is 1.00 bits per heavy atom. The minimum atomic E-state index is -4.55. The highest BCUT2D eigenvalue weighted by Gasteiger charge is 2.35. The number of benzene rings is 2. The second kappa shape index (κ2) is 8.70. The van der Waals surface area contributed by atoms with Gasteiger partial charge in [0.05, 0.1) is 28.7 Å². The molecule has 0 bridgehead atoms. The third kappa shape index (κ3) is 4.27. The van der Waals surface area contributed by atoms with Crippen LogP contribution < -0.4 is 0 Å². The quantitative estimate of drug-likeness (QED) is 0.349. The van der Waals surface area contributed by atoms with E-state index in [2.05, 4.69) is 4.98 Å². The van der Waals surface area contributed by atoms with Crippen molar-refractivity contribution in [3.63, 3.8) is 0 Å². The number of carbonyl (C=O) groups is 1. The van der Waals surface area contributed by atoms with E-state index in [1.807, 2.05) is 30.3 Å². The van der Waals surface area contributed by atoms with Crippen molar-refractivity contribution in [2.75, 3.05) is 0 Å². The molecule has 0 radical (unpaired) electrons. The van der Waals surface area contributed by atoms with Crippen molar-refractivity contribution < 1.29 is 22.7 Å². The van der Waals surface area contributed by atoms with Crippen molar-refractivity contribution in [3.05, 3.63) is 108 Å². The average molecular weight is 436 g/mol. The fourth-order valence-corrected chi connectivity index (χ4v) is 3.57. The van der Waals surface area contributed by atoms with Crippen LogP contribution in [0.3, 0.4) is 0 Å². The fourth-order valence-electron chi connectivity index (χ4n) is 3.57. The van der Waals surface area contributed by atoms with Gasteiger partial charge in [-0.3, -0.25) is 4.98 Å². The highest BCUT2D eigenvalue weighted by molar-refractivity contribution is 5.94. The van der Waals surface area contributed by atoms with E-state index in [1.165, 1.54) is 30.6 Å². The van der Waals surface area contributed by atoms with E-state index in [1.54, 1.807) is 29.8 Å². The average Bonchev–Trinajstić information content (AvgIpc) is 3.15. The van der Waals surface area contributed by atoms with Crippen molar-refractivity contribution in [1.82, 2.24) is 9.55 Å². The summed E-state index contributed by atoms with van der Waals surface area (Å²) in [7, 11) is 0. The Kier molecular flexibility index (Phi) is 5.81. The van der Waals surface area contributed by atoms with Gasteiger partial charge in [-0.2, -0.15) is 13.2 Å². The zero-order chi connectivity index (χ0) is 22.7. The molecule has 32 heavy (non-hydrogen) atoms. The number of aromatic nitrogens is 2. The molecule has 0 aliphatic heterocycles. The summed E-state index contributed by atoms with van der Waals surface area (Å²) >= 11 is 0. The maximum Gasteiger partial charge on any atom is 0.417 e. The maximum atomic E-state index is 13.8.